The highest BCUT2D eigenvalue weighted by molar-refractivity contribution is 9.10. The Labute approximate surface area is 186 Å². The van der Waals surface area contributed by atoms with Gasteiger partial charge in [0, 0.05) is 28.0 Å². The average molecular weight is 490 g/mol. The number of imidazole rings is 1. The Morgan fingerprint density at radius 1 is 1.03 bits per heavy atom. The molecule has 0 fully saturated rings. The zero-order valence-corrected chi connectivity index (χ0v) is 18.8. The van der Waals surface area contributed by atoms with E-state index in [1.807, 2.05) is 42.5 Å². The first-order chi connectivity index (χ1) is 14.1. The molecule has 0 N–H and O–H groups in total. The largest absolute Gasteiger partial charge is 0.468 e. The third-order valence-electron chi connectivity index (χ3n) is 4.31. The van der Waals surface area contributed by atoms with Crippen LogP contribution in [0.25, 0.3) is 16.7 Å². The Balaban J connectivity index is 1.69. The third kappa shape index (κ3) is 4.78. The normalized spacial score (nSPS) is 11.1. The van der Waals surface area contributed by atoms with Crippen molar-refractivity contribution in [2.75, 3.05) is 13.9 Å². The molecule has 4 nitrogen and oxygen atoms in total. The number of methoxy groups -OCH3 is 1. The fraction of sp³-hybridized carbons (Fsp3) is 0.136. The smallest absolute Gasteiger partial charge is 0.188 e. The second kappa shape index (κ2) is 9.22. The number of nitrogens with zero attached hydrogens (tertiary/aromatic N) is 2. The van der Waals surface area contributed by atoms with Crippen molar-refractivity contribution in [2.24, 2.45) is 0 Å². The van der Waals surface area contributed by atoms with E-state index in [2.05, 4.69) is 44.8 Å². The Morgan fingerprint density at radius 2 is 1.79 bits per heavy atom. The Kier molecular flexibility index (Phi) is 6.45. The van der Waals surface area contributed by atoms with Crippen LogP contribution in [0.5, 0.6) is 5.75 Å². The van der Waals surface area contributed by atoms with Crippen LogP contribution in [0.1, 0.15) is 5.56 Å². The summed E-state index contributed by atoms with van der Waals surface area (Å²) in [5, 5.41) is 1.60. The van der Waals surface area contributed by atoms with Crippen molar-refractivity contribution >= 4 is 50.3 Å². The summed E-state index contributed by atoms with van der Waals surface area (Å²) in [6.07, 6.45) is 0. The van der Waals surface area contributed by atoms with Crippen molar-refractivity contribution in [1.29, 1.82) is 0 Å². The number of halogens is 2. The summed E-state index contributed by atoms with van der Waals surface area (Å²) in [4.78, 5) is 4.84. The van der Waals surface area contributed by atoms with E-state index in [1.54, 1.807) is 18.9 Å². The molecule has 4 aromatic rings. The molecule has 0 aliphatic heterocycles. The maximum absolute atomic E-state index is 6.27. The molecule has 0 bridgehead atoms. The maximum Gasteiger partial charge on any atom is 0.188 e. The molecule has 0 aliphatic carbocycles. The van der Waals surface area contributed by atoms with Crippen LogP contribution in [-0.2, 0) is 10.5 Å². The minimum Gasteiger partial charge on any atom is -0.468 e. The molecule has 0 atom stereocenters. The van der Waals surface area contributed by atoms with Gasteiger partial charge in [0.15, 0.2) is 11.9 Å². The summed E-state index contributed by atoms with van der Waals surface area (Å²) in [5.41, 5.74) is 4.12. The molecule has 1 aromatic heterocycles. The quantitative estimate of drug-likeness (QED) is 0.213. The van der Waals surface area contributed by atoms with Crippen LogP contribution in [-0.4, -0.2) is 23.5 Å². The van der Waals surface area contributed by atoms with Crippen LogP contribution in [0.2, 0.25) is 5.02 Å². The Bertz CT molecular complexity index is 1110. The predicted molar refractivity (Wildman–Crippen MR) is 122 cm³/mol. The molecule has 0 spiro atoms. The summed E-state index contributed by atoms with van der Waals surface area (Å²) in [6, 6.07) is 22.0. The lowest BCUT2D eigenvalue weighted by Crippen LogP contribution is -2.00. The third-order valence-corrected chi connectivity index (χ3v) is 6.08. The number of ether oxygens (including phenoxy) is 2. The summed E-state index contributed by atoms with van der Waals surface area (Å²) in [6.45, 7) is 0.219. The second-order valence-electron chi connectivity index (χ2n) is 6.32. The molecule has 0 radical (unpaired) electrons. The topological polar surface area (TPSA) is 36.3 Å². The van der Waals surface area contributed by atoms with Gasteiger partial charge in [0.2, 0.25) is 0 Å². The number of hydrogen-bond donors (Lipinski definition) is 0. The second-order valence-corrected chi connectivity index (χ2v) is 8.62. The van der Waals surface area contributed by atoms with Gasteiger partial charge >= 0.3 is 0 Å². The molecule has 1 heterocycles. The van der Waals surface area contributed by atoms with Gasteiger partial charge < -0.3 is 9.47 Å². The van der Waals surface area contributed by atoms with Crippen LogP contribution in [0.3, 0.4) is 0 Å². The van der Waals surface area contributed by atoms with Crippen molar-refractivity contribution in [3.8, 4) is 11.4 Å². The number of aromatic nitrogens is 2. The van der Waals surface area contributed by atoms with E-state index >= 15 is 0 Å². The monoisotopic (exact) mass is 488 g/mol. The van der Waals surface area contributed by atoms with E-state index < -0.39 is 0 Å². The number of fused-ring (bicyclic) bond motifs is 1. The van der Waals surface area contributed by atoms with Gasteiger partial charge in [-0.2, -0.15) is 0 Å². The van der Waals surface area contributed by atoms with E-state index in [1.165, 1.54) is 5.56 Å². The number of thioether (sulfide) groups is 1. The molecule has 0 aliphatic rings. The molecule has 0 saturated carbocycles. The van der Waals surface area contributed by atoms with Gasteiger partial charge in [0.1, 0.15) is 5.75 Å². The molecular weight excluding hydrogens is 472 g/mol. The summed E-state index contributed by atoms with van der Waals surface area (Å²) in [5.74, 6) is 1.57. The van der Waals surface area contributed by atoms with Crippen LogP contribution in [0.4, 0.5) is 0 Å². The van der Waals surface area contributed by atoms with Crippen LogP contribution in [0, 0.1) is 0 Å². The summed E-state index contributed by atoms with van der Waals surface area (Å²) >= 11 is 11.4. The van der Waals surface area contributed by atoms with Crippen LogP contribution < -0.4 is 4.74 Å². The predicted octanol–water partition coefficient (Wildman–Crippen LogP) is 6.72. The molecule has 4 rings (SSSR count). The average Bonchev–Trinajstić information content (AvgIpc) is 3.09. The van der Waals surface area contributed by atoms with Crippen LogP contribution >= 0.6 is 39.3 Å². The number of benzene rings is 3. The molecule has 3 aromatic carbocycles. The van der Waals surface area contributed by atoms with E-state index in [0.717, 1.165) is 37.9 Å². The molecular formula is C22H18BrClN2O2S. The van der Waals surface area contributed by atoms with Gasteiger partial charge in [-0.15, -0.1) is 0 Å². The van der Waals surface area contributed by atoms with Gasteiger partial charge in [-0.25, -0.2) is 4.98 Å². The van der Waals surface area contributed by atoms with Gasteiger partial charge in [-0.1, -0.05) is 51.4 Å². The van der Waals surface area contributed by atoms with Crippen LogP contribution in [0.15, 0.2) is 76.4 Å². The highest BCUT2D eigenvalue weighted by atomic mass is 79.9. The van der Waals surface area contributed by atoms with Gasteiger partial charge in [-0.05, 0) is 60.2 Å². The Hall–Kier alpha value is -1.99. The van der Waals surface area contributed by atoms with E-state index in [4.69, 9.17) is 26.1 Å². The molecule has 29 heavy (non-hydrogen) atoms. The first kappa shape index (κ1) is 20.3. The van der Waals surface area contributed by atoms with E-state index in [0.29, 0.717) is 5.02 Å². The first-order valence-corrected chi connectivity index (χ1v) is 11.1. The SMILES string of the molecule is COCOc1ccc(-n2c(SCc3ccc(Br)cc3)nc3ccc(Cl)cc32)cc1. The lowest BCUT2D eigenvalue weighted by Gasteiger charge is -2.11. The maximum atomic E-state index is 6.27. The zero-order chi connectivity index (χ0) is 20.2. The van der Waals surface area contributed by atoms with Crippen molar-refractivity contribution in [3.05, 3.63) is 81.8 Å². The molecule has 0 amide bonds. The van der Waals surface area contributed by atoms with Gasteiger partial charge in [-0.3, -0.25) is 4.57 Å². The van der Waals surface area contributed by atoms with E-state index in [9.17, 15) is 0 Å². The summed E-state index contributed by atoms with van der Waals surface area (Å²) in [7, 11) is 1.60. The lowest BCUT2D eigenvalue weighted by atomic mass is 10.2. The van der Waals surface area contributed by atoms with E-state index in [-0.39, 0.29) is 6.79 Å². The molecule has 7 heteroatoms. The number of hydrogen-bond acceptors (Lipinski definition) is 4. The van der Waals surface area contributed by atoms with Crippen molar-refractivity contribution in [1.82, 2.24) is 9.55 Å². The number of rotatable bonds is 7. The Morgan fingerprint density at radius 3 is 2.52 bits per heavy atom. The lowest BCUT2D eigenvalue weighted by molar-refractivity contribution is 0.0511. The van der Waals surface area contributed by atoms with Crippen molar-refractivity contribution in [2.45, 2.75) is 10.9 Å². The standard InChI is InChI=1S/C22H18BrClN2O2S/c1-27-14-28-19-9-7-18(8-10-19)26-21-12-17(24)6-11-20(21)25-22(26)29-13-15-2-4-16(23)5-3-15/h2-12H,13-14H2,1H3. The minimum absolute atomic E-state index is 0.219. The fourth-order valence-corrected chi connectivity index (χ4v) is 4.33. The highest BCUT2D eigenvalue weighted by Gasteiger charge is 2.14. The van der Waals surface area contributed by atoms with Gasteiger partial charge in [0.25, 0.3) is 0 Å². The minimum atomic E-state index is 0.219. The molecule has 0 unspecified atom stereocenters. The first-order valence-electron chi connectivity index (χ1n) is 8.91. The fourth-order valence-electron chi connectivity index (χ4n) is 2.92. The molecule has 0 saturated heterocycles. The molecule has 148 valence electrons. The summed E-state index contributed by atoms with van der Waals surface area (Å²) < 4.78 is 13.7. The van der Waals surface area contributed by atoms with Crippen molar-refractivity contribution in [3.63, 3.8) is 0 Å². The highest BCUT2D eigenvalue weighted by Crippen LogP contribution is 2.32. The zero-order valence-electron chi connectivity index (χ0n) is 15.6. The van der Waals surface area contributed by atoms with Gasteiger partial charge in [0.05, 0.1) is 11.0 Å². The van der Waals surface area contributed by atoms with Crippen molar-refractivity contribution < 1.29 is 9.47 Å².